The van der Waals surface area contributed by atoms with Gasteiger partial charge in [0.05, 0.1) is 0 Å². The molecule has 0 amide bonds. The Labute approximate surface area is 100 Å². The molecule has 0 saturated heterocycles. The second kappa shape index (κ2) is 7.27. The molecule has 1 rings (SSSR count). The van der Waals surface area contributed by atoms with Gasteiger partial charge in [0.15, 0.2) is 0 Å². The summed E-state index contributed by atoms with van der Waals surface area (Å²) >= 11 is 0. The minimum Gasteiger partial charge on any atom is -0.103 e. The standard InChI is InChI=1S/C16H23/c1-4-7-8-11-16-13-14(9-5-2)12-15(16)10-6-3/h5-6,13,15H,2-4,7-11H2,1H3. The molecule has 1 aliphatic rings. The van der Waals surface area contributed by atoms with Crippen molar-refractivity contribution >= 4 is 0 Å². The number of hydrogen-bond donors (Lipinski definition) is 0. The highest BCUT2D eigenvalue weighted by molar-refractivity contribution is 5.34. The van der Waals surface area contributed by atoms with Crippen LogP contribution in [0.4, 0.5) is 0 Å². The van der Waals surface area contributed by atoms with Gasteiger partial charge in [-0.05, 0) is 37.3 Å². The summed E-state index contributed by atoms with van der Waals surface area (Å²) in [6.07, 6.45) is 17.0. The van der Waals surface area contributed by atoms with E-state index in [-0.39, 0.29) is 0 Å². The lowest BCUT2D eigenvalue weighted by molar-refractivity contribution is 0.653. The average molecular weight is 215 g/mol. The summed E-state index contributed by atoms with van der Waals surface area (Å²) in [7, 11) is 0. The maximum Gasteiger partial charge on any atom is 0.00916 e. The molecule has 16 heavy (non-hydrogen) atoms. The van der Waals surface area contributed by atoms with Crippen LogP contribution in [0, 0.1) is 12.0 Å². The Kier molecular flexibility index (Phi) is 5.92. The van der Waals surface area contributed by atoms with Crippen molar-refractivity contribution in [3.63, 3.8) is 0 Å². The molecule has 0 spiro atoms. The van der Waals surface area contributed by atoms with E-state index in [0.29, 0.717) is 5.92 Å². The minimum atomic E-state index is 0.490. The maximum atomic E-state index is 3.83. The smallest absolute Gasteiger partial charge is 0.00916 e. The first-order valence-electron chi connectivity index (χ1n) is 6.36. The van der Waals surface area contributed by atoms with E-state index in [1.165, 1.54) is 31.3 Å². The van der Waals surface area contributed by atoms with Gasteiger partial charge in [0.1, 0.15) is 0 Å². The Morgan fingerprint density at radius 1 is 1.31 bits per heavy atom. The zero-order valence-electron chi connectivity index (χ0n) is 10.5. The second-order valence-electron chi connectivity index (χ2n) is 4.42. The van der Waals surface area contributed by atoms with Crippen LogP contribution in [0.2, 0.25) is 0 Å². The van der Waals surface area contributed by atoms with E-state index in [9.17, 15) is 0 Å². The summed E-state index contributed by atoms with van der Waals surface area (Å²) < 4.78 is 0. The SMILES string of the molecule is C=CCC1=[C]C(CC=C)C(CCCCC)=C1. The predicted molar refractivity (Wildman–Crippen MR) is 72.1 cm³/mol. The molecule has 1 radical (unpaired) electrons. The molecule has 0 bridgehead atoms. The highest BCUT2D eigenvalue weighted by atomic mass is 14.2. The zero-order chi connectivity index (χ0) is 11.8. The molecule has 0 aromatic heterocycles. The first-order valence-corrected chi connectivity index (χ1v) is 6.36. The minimum absolute atomic E-state index is 0.490. The van der Waals surface area contributed by atoms with Crippen molar-refractivity contribution in [1.29, 1.82) is 0 Å². The first-order chi connectivity index (χ1) is 7.81. The fraction of sp³-hybridized carbons (Fsp3) is 0.500. The Bertz CT molecular complexity index is 291. The molecule has 0 aromatic rings. The zero-order valence-corrected chi connectivity index (χ0v) is 10.5. The highest BCUT2D eigenvalue weighted by Crippen LogP contribution is 2.31. The van der Waals surface area contributed by atoms with Gasteiger partial charge in [-0.3, -0.25) is 0 Å². The van der Waals surface area contributed by atoms with Gasteiger partial charge in [-0.2, -0.15) is 0 Å². The van der Waals surface area contributed by atoms with Gasteiger partial charge in [-0.1, -0.05) is 43.6 Å². The Morgan fingerprint density at radius 3 is 2.75 bits per heavy atom. The predicted octanol–water partition coefficient (Wildman–Crippen LogP) is 5.00. The van der Waals surface area contributed by atoms with E-state index < -0.39 is 0 Å². The van der Waals surface area contributed by atoms with Crippen molar-refractivity contribution in [2.24, 2.45) is 5.92 Å². The van der Waals surface area contributed by atoms with Crippen molar-refractivity contribution in [3.05, 3.63) is 48.6 Å². The second-order valence-corrected chi connectivity index (χ2v) is 4.42. The largest absolute Gasteiger partial charge is 0.103 e. The van der Waals surface area contributed by atoms with E-state index >= 15 is 0 Å². The molecule has 87 valence electrons. The molecule has 0 saturated carbocycles. The van der Waals surface area contributed by atoms with Gasteiger partial charge < -0.3 is 0 Å². The van der Waals surface area contributed by atoms with Gasteiger partial charge in [-0.15, -0.1) is 13.2 Å². The fourth-order valence-corrected chi connectivity index (χ4v) is 2.16. The normalized spacial score (nSPS) is 19.2. The van der Waals surface area contributed by atoms with Crippen LogP contribution in [0.5, 0.6) is 0 Å². The Balaban J connectivity index is 2.55. The van der Waals surface area contributed by atoms with Crippen molar-refractivity contribution < 1.29 is 0 Å². The molecule has 0 N–H and O–H groups in total. The lowest BCUT2D eigenvalue weighted by Crippen LogP contribution is -1.97. The third kappa shape index (κ3) is 3.84. The maximum absolute atomic E-state index is 3.83. The van der Waals surface area contributed by atoms with Crippen LogP contribution < -0.4 is 0 Å². The van der Waals surface area contributed by atoms with Crippen molar-refractivity contribution in [2.45, 2.75) is 45.4 Å². The first kappa shape index (κ1) is 13.0. The number of rotatable bonds is 8. The van der Waals surface area contributed by atoms with Crippen molar-refractivity contribution in [1.82, 2.24) is 0 Å². The van der Waals surface area contributed by atoms with Crippen molar-refractivity contribution in [2.75, 3.05) is 0 Å². The van der Waals surface area contributed by atoms with Crippen LogP contribution in [0.1, 0.15) is 45.4 Å². The number of unbranched alkanes of at least 4 members (excludes halogenated alkanes) is 2. The third-order valence-corrected chi connectivity index (χ3v) is 3.00. The molecule has 1 atom stereocenters. The molecule has 0 fully saturated rings. The van der Waals surface area contributed by atoms with E-state index in [1.807, 2.05) is 12.2 Å². The Morgan fingerprint density at radius 2 is 2.12 bits per heavy atom. The van der Waals surface area contributed by atoms with E-state index in [1.54, 1.807) is 5.57 Å². The van der Waals surface area contributed by atoms with E-state index in [2.05, 4.69) is 32.2 Å². The van der Waals surface area contributed by atoms with E-state index in [4.69, 9.17) is 0 Å². The molecule has 0 nitrogen and oxygen atoms in total. The monoisotopic (exact) mass is 215 g/mol. The number of allylic oxidation sites excluding steroid dienone is 6. The molecule has 0 aromatic carbocycles. The van der Waals surface area contributed by atoms with Crippen LogP contribution in [0.3, 0.4) is 0 Å². The molecule has 1 unspecified atom stereocenters. The van der Waals surface area contributed by atoms with Crippen molar-refractivity contribution in [3.8, 4) is 0 Å². The third-order valence-electron chi connectivity index (χ3n) is 3.00. The summed E-state index contributed by atoms with van der Waals surface area (Å²) in [6.45, 7) is 9.86. The van der Waals surface area contributed by atoms with Crippen LogP contribution >= 0.6 is 0 Å². The summed E-state index contributed by atoms with van der Waals surface area (Å²) in [4.78, 5) is 0. The quantitative estimate of drug-likeness (QED) is 0.394. The van der Waals surface area contributed by atoms with Crippen LogP contribution in [-0.4, -0.2) is 0 Å². The summed E-state index contributed by atoms with van der Waals surface area (Å²) in [6, 6.07) is 0. The van der Waals surface area contributed by atoms with Gasteiger partial charge in [-0.25, -0.2) is 0 Å². The van der Waals surface area contributed by atoms with Crippen LogP contribution in [-0.2, 0) is 0 Å². The molecule has 0 aliphatic heterocycles. The van der Waals surface area contributed by atoms with Crippen LogP contribution in [0.15, 0.2) is 42.5 Å². The van der Waals surface area contributed by atoms with Gasteiger partial charge in [0.25, 0.3) is 0 Å². The molecule has 1 aliphatic carbocycles. The molecular formula is C16H23. The lowest BCUT2D eigenvalue weighted by Gasteiger charge is -2.10. The van der Waals surface area contributed by atoms with Gasteiger partial charge >= 0.3 is 0 Å². The summed E-state index contributed by atoms with van der Waals surface area (Å²) in [5.74, 6) is 0.490. The summed E-state index contributed by atoms with van der Waals surface area (Å²) in [5, 5.41) is 0. The van der Waals surface area contributed by atoms with Gasteiger partial charge in [0.2, 0.25) is 0 Å². The molecule has 0 heteroatoms. The lowest BCUT2D eigenvalue weighted by atomic mass is 9.94. The topological polar surface area (TPSA) is 0 Å². The van der Waals surface area contributed by atoms with E-state index in [0.717, 1.165) is 12.8 Å². The van der Waals surface area contributed by atoms with Crippen LogP contribution in [0.25, 0.3) is 0 Å². The molecule has 0 heterocycles. The summed E-state index contributed by atoms with van der Waals surface area (Å²) in [5.41, 5.74) is 2.86. The Hall–Kier alpha value is -1.04. The highest BCUT2D eigenvalue weighted by Gasteiger charge is 2.17. The number of hydrogen-bond acceptors (Lipinski definition) is 0. The average Bonchev–Trinajstić information content (AvgIpc) is 2.63. The van der Waals surface area contributed by atoms with Gasteiger partial charge in [0, 0.05) is 5.92 Å². The fourth-order valence-electron chi connectivity index (χ4n) is 2.16. The molecular weight excluding hydrogens is 192 g/mol.